The molecule has 17 heavy (non-hydrogen) atoms. The molecule has 0 unspecified atom stereocenters. The molecule has 0 spiro atoms. The lowest BCUT2D eigenvalue weighted by molar-refractivity contribution is -0.181. The topological polar surface area (TPSA) is 46.2 Å². The van der Waals surface area contributed by atoms with E-state index in [9.17, 15) is 13.2 Å². The van der Waals surface area contributed by atoms with Crippen LogP contribution in [0.5, 0.6) is 0 Å². The third-order valence-corrected chi connectivity index (χ3v) is 2.71. The summed E-state index contributed by atoms with van der Waals surface area (Å²) in [5, 5.41) is 8.64. The van der Waals surface area contributed by atoms with E-state index in [2.05, 4.69) is 0 Å². The van der Waals surface area contributed by atoms with Gasteiger partial charge in [-0.2, -0.15) is 13.2 Å². The molecule has 0 aliphatic heterocycles. The second-order valence-corrected chi connectivity index (χ2v) is 4.00. The first-order valence-electron chi connectivity index (χ1n) is 5.43. The zero-order chi connectivity index (χ0) is 12.9. The molecule has 0 aliphatic rings. The fourth-order valence-electron chi connectivity index (χ4n) is 1.71. The van der Waals surface area contributed by atoms with Crippen LogP contribution < -0.4 is 5.73 Å². The van der Waals surface area contributed by atoms with Crippen molar-refractivity contribution in [3.05, 3.63) is 35.9 Å². The minimum atomic E-state index is -4.31. The predicted molar refractivity (Wildman–Crippen MR) is 59.2 cm³/mol. The minimum Gasteiger partial charge on any atom is -0.396 e. The Morgan fingerprint density at radius 2 is 1.76 bits per heavy atom. The van der Waals surface area contributed by atoms with Crippen LogP contribution in [-0.4, -0.2) is 17.9 Å². The van der Waals surface area contributed by atoms with Gasteiger partial charge in [-0.1, -0.05) is 30.3 Å². The van der Waals surface area contributed by atoms with E-state index in [4.69, 9.17) is 10.8 Å². The Bertz CT molecular complexity index is 326. The summed E-state index contributed by atoms with van der Waals surface area (Å²) in [6.07, 6.45) is -4.81. The summed E-state index contributed by atoms with van der Waals surface area (Å²) in [5.41, 5.74) is 6.42. The van der Waals surface area contributed by atoms with Crippen molar-refractivity contribution < 1.29 is 18.3 Å². The van der Waals surface area contributed by atoms with Crippen molar-refractivity contribution in [3.63, 3.8) is 0 Å². The SMILES string of the molecule is N[C@@H](C[C@@H](CCO)C(F)(F)F)c1ccccc1. The monoisotopic (exact) mass is 247 g/mol. The van der Waals surface area contributed by atoms with Gasteiger partial charge in [0.1, 0.15) is 0 Å². The molecule has 0 radical (unpaired) electrons. The highest BCUT2D eigenvalue weighted by molar-refractivity contribution is 5.18. The van der Waals surface area contributed by atoms with Crippen LogP contribution in [0.25, 0.3) is 0 Å². The Morgan fingerprint density at radius 3 is 2.24 bits per heavy atom. The number of aliphatic hydroxyl groups excluding tert-OH is 1. The molecule has 0 fully saturated rings. The van der Waals surface area contributed by atoms with Crippen LogP contribution in [0, 0.1) is 5.92 Å². The average Bonchev–Trinajstić information content (AvgIpc) is 2.28. The van der Waals surface area contributed by atoms with Crippen LogP contribution in [0.2, 0.25) is 0 Å². The van der Waals surface area contributed by atoms with Gasteiger partial charge in [-0.05, 0) is 18.4 Å². The van der Waals surface area contributed by atoms with E-state index < -0.39 is 24.7 Å². The molecule has 96 valence electrons. The van der Waals surface area contributed by atoms with E-state index in [0.29, 0.717) is 5.56 Å². The number of alkyl halides is 3. The highest BCUT2D eigenvalue weighted by Gasteiger charge is 2.39. The molecule has 0 aromatic heterocycles. The van der Waals surface area contributed by atoms with Crippen LogP contribution in [0.4, 0.5) is 13.2 Å². The largest absolute Gasteiger partial charge is 0.396 e. The van der Waals surface area contributed by atoms with E-state index in [1.807, 2.05) is 0 Å². The Morgan fingerprint density at radius 1 is 1.18 bits per heavy atom. The first kappa shape index (κ1) is 14.0. The number of aliphatic hydroxyl groups is 1. The molecule has 0 bridgehead atoms. The molecule has 0 aliphatic carbocycles. The van der Waals surface area contributed by atoms with Crippen molar-refractivity contribution >= 4 is 0 Å². The zero-order valence-electron chi connectivity index (χ0n) is 9.32. The van der Waals surface area contributed by atoms with Crippen molar-refractivity contribution in [3.8, 4) is 0 Å². The third kappa shape index (κ3) is 4.36. The van der Waals surface area contributed by atoms with Gasteiger partial charge in [-0.3, -0.25) is 0 Å². The van der Waals surface area contributed by atoms with Crippen molar-refractivity contribution in [1.29, 1.82) is 0 Å². The number of hydrogen-bond donors (Lipinski definition) is 2. The zero-order valence-corrected chi connectivity index (χ0v) is 9.32. The quantitative estimate of drug-likeness (QED) is 0.840. The molecular weight excluding hydrogens is 231 g/mol. The molecule has 3 N–H and O–H groups in total. The van der Waals surface area contributed by atoms with Gasteiger partial charge in [0.05, 0.1) is 5.92 Å². The lowest BCUT2D eigenvalue weighted by Gasteiger charge is -2.23. The second kappa shape index (κ2) is 6.02. The summed E-state index contributed by atoms with van der Waals surface area (Å²) in [6.45, 7) is -0.480. The summed E-state index contributed by atoms with van der Waals surface area (Å²) in [7, 11) is 0. The Hall–Kier alpha value is -1.07. The van der Waals surface area contributed by atoms with Crippen LogP contribution in [0.1, 0.15) is 24.4 Å². The highest BCUT2D eigenvalue weighted by Crippen LogP contribution is 2.34. The first-order valence-corrected chi connectivity index (χ1v) is 5.43. The third-order valence-electron chi connectivity index (χ3n) is 2.71. The van der Waals surface area contributed by atoms with E-state index in [1.165, 1.54) is 0 Å². The Balaban J connectivity index is 2.68. The van der Waals surface area contributed by atoms with Gasteiger partial charge in [0.2, 0.25) is 0 Å². The van der Waals surface area contributed by atoms with Crippen molar-refractivity contribution in [2.75, 3.05) is 6.61 Å². The summed E-state index contributed by atoms with van der Waals surface area (Å²) in [6, 6.07) is 8.02. The molecule has 0 heterocycles. The first-order chi connectivity index (χ1) is 7.95. The fraction of sp³-hybridized carbons (Fsp3) is 0.500. The molecule has 5 heteroatoms. The van der Waals surface area contributed by atoms with Gasteiger partial charge in [0.25, 0.3) is 0 Å². The molecule has 2 nitrogen and oxygen atoms in total. The van der Waals surface area contributed by atoms with Gasteiger partial charge in [0.15, 0.2) is 0 Å². The molecule has 2 atom stereocenters. The number of rotatable bonds is 5. The minimum absolute atomic E-state index is 0.200. The van der Waals surface area contributed by atoms with E-state index in [1.54, 1.807) is 30.3 Å². The Kier molecular flexibility index (Phi) is 4.96. The summed E-state index contributed by atoms with van der Waals surface area (Å²) in [4.78, 5) is 0. The molecular formula is C12H16F3NO. The number of nitrogens with two attached hydrogens (primary N) is 1. The number of halogens is 3. The van der Waals surface area contributed by atoms with Gasteiger partial charge in [-0.25, -0.2) is 0 Å². The molecule has 1 rings (SSSR count). The molecule has 0 saturated carbocycles. The van der Waals surface area contributed by atoms with Crippen molar-refractivity contribution in [2.24, 2.45) is 11.7 Å². The lowest BCUT2D eigenvalue weighted by Crippen LogP contribution is -2.28. The molecule has 1 aromatic carbocycles. The maximum Gasteiger partial charge on any atom is 0.391 e. The fourth-order valence-corrected chi connectivity index (χ4v) is 1.71. The number of benzene rings is 1. The van der Waals surface area contributed by atoms with Gasteiger partial charge < -0.3 is 10.8 Å². The van der Waals surface area contributed by atoms with Crippen LogP contribution >= 0.6 is 0 Å². The van der Waals surface area contributed by atoms with Crippen molar-refractivity contribution in [1.82, 2.24) is 0 Å². The lowest BCUT2D eigenvalue weighted by atomic mass is 9.93. The van der Waals surface area contributed by atoms with Crippen LogP contribution in [-0.2, 0) is 0 Å². The smallest absolute Gasteiger partial charge is 0.391 e. The Labute approximate surface area is 98.3 Å². The average molecular weight is 247 g/mol. The second-order valence-electron chi connectivity index (χ2n) is 4.00. The summed E-state index contributed by atoms with van der Waals surface area (Å²) >= 11 is 0. The predicted octanol–water partition coefficient (Wildman–Crippen LogP) is 2.64. The highest BCUT2D eigenvalue weighted by atomic mass is 19.4. The molecule has 1 aromatic rings. The standard InChI is InChI=1S/C12H16F3NO/c13-12(14,15)10(6-7-17)8-11(16)9-4-2-1-3-5-9/h1-5,10-11,17H,6-8,16H2/t10-,11+/m1/s1. The van der Waals surface area contributed by atoms with Gasteiger partial charge in [-0.15, -0.1) is 0 Å². The van der Waals surface area contributed by atoms with Crippen molar-refractivity contribution in [2.45, 2.75) is 25.1 Å². The maximum atomic E-state index is 12.6. The van der Waals surface area contributed by atoms with Crippen LogP contribution in [0.3, 0.4) is 0 Å². The molecule has 0 amide bonds. The summed E-state index contributed by atoms with van der Waals surface area (Å²) < 4.78 is 37.8. The van der Waals surface area contributed by atoms with E-state index >= 15 is 0 Å². The van der Waals surface area contributed by atoms with E-state index in [0.717, 1.165) is 0 Å². The number of hydrogen-bond acceptors (Lipinski definition) is 2. The van der Waals surface area contributed by atoms with Crippen LogP contribution in [0.15, 0.2) is 30.3 Å². The van der Waals surface area contributed by atoms with Gasteiger partial charge in [0, 0.05) is 12.6 Å². The normalized spacial score (nSPS) is 15.6. The van der Waals surface area contributed by atoms with Gasteiger partial charge >= 0.3 is 6.18 Å². The molecule has 0 saturated heterocycles. The maximum absolute atomic E-state index is 12.6. The van der Waals surface area contributed by atoms with E-state index in [-0.39, 0.29) is 12.8 Å². The summed E-state index contributed by atoms with van der Waals surface area (Å²) in [5.74, 6) is -1.55.